The predicted molar refractivity (Wildman–Crippen MR) is 103 cm³/mol. The van der Waals surface area contributed by atoms with E-state index in [-0.39, 0.29) is 17.6 Å². The molecule has 3 aromatic rings. The summed E-state index contributed by atoms with van der Waals surface area (Å²) in [5.74, 6) is -0.147. The molecule has 26 heavy (non-hydrogen) atoms. The van der Waals surface area contributed by atoms with Gasteiger partial charge in [-0.25, -0.2) is 4.98 Å². The number of nitrogens with one attached hydrogen (secondary N) is 2. The molecule has 0 fully saturated rings. The first-order chi connectivity index (χ1) is 12.5. The number of anilines is 2. The van der Waals surface area contributed by atoms with Crippen molar-refractivity contribution >= 4 is 46.0 Å². The third kappa shape index (κ3) is 2.74. The number of hydrogen-bond acceptors (Lipinski definition) is 4. The smallest absolute Gasteiger partial charge is 0.250 e. The van der Waals surface area contributed by atoms with Crippen molar-refractivity contribution in [1.82, 2.24) is 9.97 Å². The highest BCUT2D eigenvalue weighted by atomic mass is 32.2. The highest BCUT2D eigenvalue weighted by Gasteiger charge is 2.43. The molecule has 2 N–H and O–H groups in total. The lowest BCUT2D eigenvalue weighted by Crippen LogP contribution is -2.58. The van der Waals surface area contributed by atoms with Crippen molar-refractivity contribution < 1.29 is 9.59 Å². The van der Waals surface area contributed by atoms with E-state index in [0.717, 1.165) is 11.0 Å². The molecular formula is C19H18N4O2S. The number of aromatic nitrogens is 2. The molecular weight excluding hydrogens is 348 g/mol. The van der Waals surface area contributed by atoms with Crippen molar-refractivity contribution in [3.63, 3.8) is 0 Å². The van der Waals surface area contributed by atoms with Gasteiger partial charge in [0.2, 0.25) is 11.8 Å². The number of hydrogen-bond donors (Lipinski definition) is 2. The zero-order chi connectivity index (χ0) is 18.3. The summed E-state index contributed by atoms with van der Waals surface area (Å²) in [4.78, 5) is 34.7. The van der Waals surface area contributed by atoms with Crippen LogP contribution in [0.1, 0.15) is 13.8 Å². The van der Waals surface area contributed by atoms with Crippen LogP contribution in [0.3, 0.4) is 0 Å². The summed E-state index contributed by atoms with van der Waals surface area (Å²) in [5.41, 5.74) is 2.21. The number of H-pyrrole nitrogens is 1. The average molecular weight is 366 g/mol. The molecule has 0 spiro atoms. The van der Waals surface area contributed by atoms with Gasteiger partial charge in [0.25, 0.3) is 0 Å². The van der Waals surface area contributed by atoms with E-state index in [0.29, 0.717) is 16.5 Å². The third-order valence-corrected chi connectivity index (χ3v) is 5.32. The van der Waals surface area contributed by atoms with Gasteiger partial charge in [0.1, 0.15) is 5.54 Å². The van der Waals surface area contributed by atoms with Crippen molar-refractivity contribution in [1.29, 1.82) is 0 Å². The van der Waals surface area contributed by atoms with Crippen molar-refractivity contribution in [2.45, 2.75) is 24.5 Å². The van der Waals surface area contributed by atoms with Crippen LogP contribution in [0.15, 0.2) is 53.7 Å². The SMILES string of the molecule is CC1(C)C(=O)Nc2ccccc2N1C(=O)CSc1nc2ccccc2[nH]1. The lowest BCUT2D eigenvalue weighted by Gasteiger charge is -2.42. The van der Waals surface area contributed by atoms with E-state index < -0.39 is 5.54 Å². The molecule has 2 aromatic carbocycles. The largest absolute Gasteiger partial charge is 0.333 e. The van der Waals surface area contributed by atoms with Crippen LogP contribution in [0, 0.1) is 0 Å². The maximum atomic E-state index is 13.0. The second-order valence-corrected chi connectivity index (χ2v) is 7.57. The van der Waals surface area contributed by atoms with Gasteiger partial charge in [-0.05, 0) is 38.1 Å². The fraction of sp³-hybridized carbons (Fsp3) is 0.211. The predicted octanol–water partition coefficient (Wildman–Crippen LogP) is 3.42. The standard InChI is InChI=1S/C19H18N4O2S/c1-19(2)17(25)20-14-9-5-6-10-15(14)23(19)16(24)11-26-18-21-12-7-3-4-8-13(12)22-18/h3-10H,11H2,1-2H3,(H,20,25)(H,21,22). The summed E-state index contributed by atoms with van der Waals surface area (Å²) in [6, 6.07) is 15.1. The molecule has 132 valence electrons. The molecule has 0 saturated carbocycles. The van der Waals surface area contributed by atoms with E-state index in [2.05, 4.69) is 15.3 Å². The average Bonchev–Trinajstić information content (AvgIpc) is 3.03. The Morgan fingerprint density at radius 3 is 2.69 bits per heavy atom. The van der Waals surface area contributed by atoms with Crippen LogP contribution in [0.25, 0.3) is 11.0 Å². The van der Waals surface area contributed by atoms with Crippen molar-refractivity contribution in [2.24, 2.45) is 0 Å². The Balaban J connectivity index is 1.59. The molecule has 2 amide bonds. The molecule has 7 heteroatoms. The van der Waals surface area contributed by atoms with Gasteiger partial charge in [0, 0.05) is 0 Å². The van der Waals surface area contributed by atoms with E-state index in [1.807, 2.05) is 42.5 Å². The van der Waals surface area contributed by atoms with Crippen molar-refractivity contribution in [3.8, 4) is 0 Å². The first kappa shape index (κ1) is 16.7. The Bertz CT molecular complexity index is 978. The number of fused-ring (bicyclic) bond motifs is 2. The topological polar surface area (TPSA) is 78.1 Å². The number of aromatic amines is 1. The highest BCUT2D eigenvalue weighted by Crippen LogP contribution is 2.37. The first-order valence-corrected chi connectivity index (χ1v) is 9.26. The molecule has 0 bridgehead atoms. The third-order valence-electron chi connectivity index (χ3n) is 4.46. The zero-order valence-electron chi connectivity index (χ0n) is 14.4. The van der Waals surface area contributed by atoms with Crippen LogP contribution in [-0.2, 0) is 9.59 Å². The molecule has 0 unspecified atom stereocenters. The molecule has 4 rings (SSSR count). The van der Waals surface area contributed by atoms with E-state index in [9.17, 15) is 9.59 Å². The molecule has 0 atom stereocenters. The van der Waals surface area contributed by atoms with Gasteiger partial charge in [-0.15, -0.1) is 0 Å². The summed E-state index contributed by atoms with van der Waals surface area (Å²) < 4.78 is 0. The van der Waals surface area contributed by atoms with Gasteiger partial charge >= 0.3 is 0 Å². The quantitative estimate of drug-likeness (QED) is 0.696. The Hall–Kier alpha value is -2.80. The molecule has 6 nitrogen and oxygen atoms in total. The minimum absolute atomic E-state index is 0.136. The number of para-hydroxylation sites is 4. The van der Waals surface area contributed by atoms with Gasteiger partial charge in [-0.2, -0.15) is 0 Å². The van der Waals surface area contributed by atoms with Crippen LogP contribution in [0.4, 0.5) is 11.4 Å². The lowest BCUT2D eigenvalue weighted by atomic mass is 9.96. The molecule has 2 heterocycles. The van der Waals surface area contributed by atoms with Gasteiger partial charge in [-0.3, -0.25) is 14.5 Å². The van der Waals surface area contributed by atoms with Gasteiger partial charge < -0.3 is 10.3 Å². The minimum atomic E-state index is -0.958. The lowest BCUT2D eigenvalue weighted by molar-refractivity contribution is -0.125. The summed E-state index contributed by atoms with van der Waals surface area (Å²) >= 11 is 1.33. The monoisotopic (exact) mass is 366 g/mol. The van der Waals surface area contributed by atoms with E-state index in [1.165, 1.54) is 11.8 Å². The molecule has 0 radical (unpaired) electrons. The Morgan fingerprint density at radius 2 is 1.88 bits per heavy atom. The molecule has 0 saturated heterocycles. The summed E-state index contributed by atoms with van der Waals surface area (Å²) in [6.45, 7) is 3.50. The normalized spacial score (nSPS) is 15.6. The van der Waals surface area contributed by atoms with Crippen LogP contribution in [0.2, 0.25) is 0 Å². The Kier molecular flexibility index (Phi) is 3.96. The molecule has 1 aromatic heterocycles. The number of amides is 2. The molecule has 0 aliphatic carbocycles. The number of carbonyl (C=O) groups excluding carboxylic acids is 2. The summed E-state index contributed by atoms with van der Waals surface area (Å²) in [7, 11) is 0. The maximum Gasteiger partial charge on any atom is 0.250 e. The van der Waals surface area contributed by atoms with Crippen molar-refractivity contribution in [3.05, 3.63) is 48.5 Å². The number of imidazole rings is 1. The maximum absolute atomic E-state index is 13.0. The van der Waals surface area contributed by atoms with Crippen molar-refractivity contribution in [2.75, 3.05) is 16.0 Å². The summed E-state index contributed by atoms with van der Waals surface area (Å²) in [5, 5.41) is 3.56. The highest BCUT2D eigenvalue weighted by molar-refractivity contribution is 7.99. The summed E-state index contributed by atoms with van der Waals surface area (Å²) in [6.07, 6.45) is 0. The number of benzene rings is 2. The molecule has 1 aliphatic heterocycles. The Labute approximate surface area is 155 Å². The first-order valence-electron chi connectivity index (χ1n) is 8.28. The molecule has 1 aliphatic rings. The number of thioether (sulfide) groups is 1. The van der Waals surface area contributed by atoms with Gasteiger partial charge in [0.05, 0.1) is 28.2 Å². The Morgan fingerprint density at radius 1 is 1.15 bits per heavy atom. The second kappa shape index (κ2) is 6.17. The fourth-order valence-electron chi connectivity index (χ4n) is 3.09. The van der Waals surface area contributed by atoms with Crippen LogP contribution < -0.4 is 10.2 Å². The van der Waals surface area contributed by atoms with Gasteiger partial charge in [0.15, 0.2) is 5.16 Å². The second-order valence-electron chi connectivity index (χ2n) is 6.61. The number of carbonyl (C=O) groups is 2. The van der Waals surface area contributed by atoms with Crippen LogP contribution in [0.5, 0.6) is 0 Å². The van der Waals surface area contributed by atoms with Gasteiger partial charge in [-0.1, -0.05) is 36.0 Å². The van der Waals surface area contributed by atoms with E-state index in [1.54, 1.807) is 24.8 Å². The van der Waals surface area contributed by atoms with Crippen LogP contribution >= 0.6 is 11.8 Å². The fourth-order valence-corrected chi connectivity index (χ4v) is 3.83. The zero-order valence-corrected chi connectivity index (χ0v) is 15.3. The van der Waals surface area contributed by atoms with E-state index in [4.69, 9.17) is 0 Å². The minimum Gasteiger partial charge on any atom is -0.333 e. The van der Waals surface area contributed by atoms with Crippen LogP contribution in [-0.4, -0.2) is 33.1 Å². The number of rotatable bonds is 3. The van der Waals surface area contributed by atoms with E-state index >= 15 is 0 Å². The number of nitrogens with zero attached hydrogens (tertiary/aromatic N) is 2.